The summed E-state index contributed by atoms with van der Waals surface area (Å²) in [5, 5.41) is 0. The molecule has 1 saturated carbocycles. The summed E-state index contributed by atoms with van der Waals surface area (Å²) in [6, 6.07) is 18.9. The Morgan fingerprint density at radius 3 is 1.61 bits per heavy atom. The molecule has 2 aromatic carbocycles. The average molecular weight is 447 g/mol. The van der Waals surface area contributed by atoms with Crippen molar-refractivity contribution in [1.29, 1.82) is 0 Å². The average Bonchev–Trinajstić information content (AvgIpc) is 2.86. The molecule has 0 heterocycles. The fourth-order valence-electron chi connectivity index (χ4n) is 5.82. The molecule has 0 amide bonds. The molecule has 0 atom stereocenters. The van der Waals surface area contributed by atoms with Crippen molar-refractivity contribution in [3.63, 3.8) is 0 Å². The van der Waals surface area contributed by atoms with Gasteiger partial charge in [-0.1, -0.05) is 133 Å². The Bertz CT molecular complexity index is 731. The van der Waals surface area contributed by atoms with Gasteiger partial charge in [0.25, 0.3) is 0 Å². The zero-order valence-electron chi connectivity index (χ0n) is 21.8. The van der Waals surface area contributed by atoms with Gasteiger partial charge >= 0.3 is 0 Å². The molecule has 0 spiro atoms. The molecule has 0 N–H and O–H groups in total. The third kappa shape index (κ3) is 9.30. The summed E-state index contributed by atoms with van der Waals surface area (Å²) < 4.78 is 0. The van der Waals surface area contributed by atoms with Crippen molar-refractivity contribution in [1.82, 2.24) is 0 Å². The fourth-order valence-corrected chi connectivity index (χ4v) is 5.82. The number of unbranched alkanes of at least 4 members (excludes halogenated alkanes) is 9. The quantitative estimate of drug-likeness (QED) is 0.239. The standard InChI is InChI=1S/C33H50/c1-3-5-6-7-8-9-10-11-12-13-15-29-18-22-31(23-19-29)33-26-24-32(25-27-33)30-20-16-28(14-4-2)17-21-30/h18-19,22-28,30H,3-17,20-21H2,1-2H3. The molecule has 0 unspecified atom stereocenters. The van der Waals surface area contributed by atoms with Crippen LogP contribution in [0.5, 0.6) is 0 Å². The van der Waals surface area contributed by atoms with Crippen LogP contribution in [0.3, 0.4) is 0 Å². The Hall–Kier alpha value is -1.56. The second-order valence-electron chi connectivity index (χ2n) is 10.8. The Balaban J connectivity index is 1.34. The summed E-state index contributed by atoms with van der Waals surface area (Å²) in [6.07, 6.45) is 23.8. The molecule has 0 aromatic heterocycles. The van der Waals surface area contributed by atoms with Crippen molar-refractivity contribution in [3.8, 4) is 11.1 Å². The highest BCUT2D eigenvalue weighted by atomic mass is 14.3. The van der Waals surface area contributed by atoms with E-state index in [4.69, 9.17) is 0 Å². The van der Waals surface area contributed by atoms with Crippen LogP contribution in [-0.4, -0.2) is 0 Å². The first-order valence-corrected chi connectivity index (χ1v) is 14.5. The molecule has 1 fully saturated rings. The van der Waals surface area contributed by atoms with Gasteiger partial charge in [0.05, 0.1) is 0 Å². The minimum atomic E-state index is 0.788. The van der Waals surface area contributed by atoms with Crippen LogP contribution < -0.4 is 0 Å². The van der Waals surface area contributed by atoms with E-state index in [-0.39, 0.29) is 0 Å². The van der Waals surface area contributed by atoms with E-state index >= 15 is 0 Å². The number of aryl methyl sites for hydroxylation is 1. The molecule has 0 radical (unpaired) electrons. The first kappa shape index (κ1) is 26.1. The highest BCUT2D eigenvalue weighted by Crippen LogP contribution is 2.38. The lowest BCUT2D eigenvalue weighted by atomic mass is 9.77. The third-order valence-electron chi connectivity index (χ3n) is 8.03. The summed E-state index contributed by atoms with van der Waals surface area (Å²) in [4.78, 5) is 0. The van der Waals surface area contributed by atoms with Crippen molar-refractivity contribution in [2.75, 3.05) is 0 Å². The van der Waals surface area contributed by atoms with Crippen LogP contribution >= 0.6 is 0 Å². The van der Waals surface area contributed by atoms with E-state index in [1.807, 2.05) is 0 Å². The number of rotatable bonds is 15. The first-order valence-electron chi connectivity index (χ1n) is 14.5. The van der Waals surface area contributed by atoms with E-state index in [1.165, 1.54) is 126 Å². The summed E-state index contributed by atoms with van der Waals surface area (Å²) in [5.74, 6) is 1.78. The molecule has 0 nitrogen and oxygen atoms in total. The topological polar surface area (TPSA) is 0 Å². The van der Waals surface area contributed by atoms with Gasteiger partial charge < -0.3 is 0 Å². The van der Waals surface area contributed by atoms with Gasteiger partial charge in [-0.15, -0.1) is 0 Å². The summed E-state index contributed by atoms with van der Waals surface area (Å²) in [5.41, 5.74) is 5.79. The van der Waals surface area contributed by atoms with E-state index in [0.29, 0.717) is 0 Å². The van der Waals surface area contributed by atoms with E-state index < -0.39 is 0 Å². The maximum atomic E-state index is 2.40. The SMILES string of the molecule is CCCCCCCCCCCCc1ccc(-c2ccc(C3CCC(CCC)CC3)cc2)cc1. The molecule has 0 saturated heterocycles. The van der Waals surface area contributed by atoms with Crippen LogP contribution in [0.2, 0.25) is 0 Å². The van der Waals surface area contributed by atoms with E-state index in [2.05, 4.69) is 62.4 Å². The summed E-state index contributed by atoms with van der Waals surface area (Å²) >= 11 is 0. The molecule has 2 aromatic rings. The number of benzene rings is 2. The number of hydrogen-bond donors (Lipinski definition) is 0. The van der Waals surface area contributed by atoms with Gasteiger partial charge in [0.2, 0.25) is 0 Å². The van der Waals surface area contributed by atoms with Crippen LogP contribution in [0.25, 0.3) is 11.1 Å². The third-order valence-corrected chi connectivity index (χ3v) is 8.03. The maximum absolute atomic E-state index is 2.40. The van der Waals surface area contributed by atoms with E-state index in [1.54, 1.807) is 5.56 Å². The maximum Gasteiger partial charge on any atom is -0.0162 e. The van der Waals surface area contributed by atoms with Crippen molar-refractivity contribution < 1.29 is 0 Å². The highest BCUT2D eigenvalue weighted by molar-refractivity contribution is 5.64. The first-order chi connectivity index (χ1) is 16.3. The van der Waals surface area contributed by atoms with E-state index in [0.717, 1.165) is 11.8 Å². The van der Waals surface area contributed by atoms with Crippen molar-refractivity contribution in [3.05, 3.63) is 59.7 Å². The molecular weight excluding hydrogens is 396 g/mol. The predicted octanol–water partition coefficient (Wildman–Crippen LogP) is 10.9. The van der Waals surface area contributed by atoms with Gasteiger partial charge in [0.15, 0.2) is 0 Å². The van der Waals surface area contributed by atoms with E-state index in [9.17, 15) is 0 Å². The van der Waals surface area contributed by atoms with Gasteiger partial charge in [0, 0.05) is 0 Å². The minimum Gasteiger partial charge on any atom is -0.0654 e. The lowest BCUT2D eigenvalue weighted by molar-refractivity contribution is 0.308. The van der Waals surface area contributed by atoms with Crippen LogP contribution in [0.1, 0.15) is 134 Å². The number of hydrogen-bond acceptors (Lipinski definition) is 0. The molecule has 33 heavy (non-hydrogen) atoms. The molecule has 1 aliphatic rings. The molecule has 0 bridgehead atoms. The molecule has 3 rings (SSSR count). The second kappa shape index (κ2) is 15.4. The Morgan fingerprint density at radius 1 is 0.545 bits per heavy atom. The molecule has 1 aliphatic carbocycles. The van der Waals surface area contributed by atoms with Gasteiger partial charge in [-0.05, 0) is 72.6 Å². The van der Waals surface area contributed by atoms with Crippen molar-refractivity contribution >= 4 is 0 Å². The Kier molecular flexibility index (Phi) is 12.1. The highest BCUT2D eigenvalue weighted by Gasteiger charge is 2.21. The Labute approximate surface area is 205 Å². The summed E-state index contributed by atoms with van der Waals surface area (Å²) in [7, 11) is 0. The van der Waals surface area contributed by atoms with Gasteiger partial charge in [-0.25, -0.2) is 0 Å². The second-order valence-corrected chi connectivity index (χ2v) is 10.8. The zero-order valence-corrected chi connectivity index (χ0v) is 21.8. The smallest absolute Gasteiger partial charge is 0.0162 e. The molecular formula is C33H50. The van der Waals surface area contributed by atoms with Crippen LogP contribution in [0, 0.1) is 5.92 Å². The lowest BCUT2D eigenvalue weighted by Gasteiger charge is -2.28. The van der Waals surface area contributed by atoms with Crippen LogP contribution in [0.4, 0.5) is 0 Å². The zero-order chi connectivity index (χ0) is 23.1. The van der Waals surface area contributed by atoms with Crippen LogP contribution in [-0.2, 0) is 6.42 Å². The Morgan fingerprint density at radius 2 is 1.06 bits per heavy atom. The minimum absolute atomic E-state index is 0.788. The molecule has 0 heteroatoms. The van der Waals surface area contributed by atoms with Crippen molar-refractivity contribution in [2.45, 2.75) is 129 Å². The van der Waals surface area contributed by atoms with Gasteiger partial charge in [-0.3, -0.25) is 0 Å². The van der Waals surface area contributed by atoms with Crippen molar-refractivity contribution in [2.24, 2.45) is 5.92 Å². The fraction of sp³-hybridized carbons (Fsp3) is 0.636. The largest absolute Gasteiger partial charge is 0.0654 e. The normalized spacial score (nSPS) is 18.5. The summed E-state index contributed by atoms with van der Waals surface area (Å²) in [6.45, 7) is 4.62. The molecule has 0 aliphatic heterocycles. The monoisotopic (exact) mass is 446 g/mol. The van der Waals surface area contributed by atoms with Crippen LogP contribution in [0.15, 0.2) is 48.5 Å². The lowest BCUT2D eigenvalue weighted by Crippen LogP contribution is -2.13. The van der Waals surface area contributed by atoms with Gasteiger partial charge in [-0.2, -0.15) is 0 Å². The molecule has 182 valence electrons. The predicted molar refractivity (Wildman–Crippen MR) is 147 cm³/mol. The van der Waals surface area contributed by atoms with Gasteiger partial charge in [0.1, 0.15) is 0 Å².